The van der Waals surface area contributed by atoms with Crippen molar-refractivity contribution in [1.29, 1.82) is 0 Å². The Balaban J connectivity index is 1.50. The van der Waals surface area contributed by atoms with E-state index in [1.165, 1.54) is 0 Å². The van der Waals surface area contributed by atoms with Crippen molar-refractivity contribution in [3.05, 3.63) is 162 Å². The monoisotopic (exact) mass is 805 g/mol. The van der Waals surface area contributed by atoms with Crippen LogP contribution in [0.1, 0.15) is 59.9 Å². The molecule has 0 heterocycles. The molecule has 0 saturated carbocycles. The van der Waals surface area contributed by atoms with Crippen molar-refractivity contribution in [2.75, 3.05) is 13.2 Å². The van der Waals surface area contributed by atoms with Gasteiger partial charge < -0.3 is 8.85 Å². The number of benzene rings is 5. The molecule has 0 aliphatic rings. The van der Waals surface area contributed by atoms with Gasteiger partial charge in [0.05, 0.1) is 23.6 Å². The van der Waals surface area contributed by atoms with Gasteiger partial charge in [0, 0.05) is 11.5 Å². The molecule has 0 radical (unpaired) electrons. The largest absolute Gasteiger partial charge is 0.407 e. The molecule has 0 aliphatic heterocycles. The lowest BCUT2D eigenvalue weighted by atomic mass is 10.1. The second-order valence-electron chi connectivity index (χ2n) is 16.4. The highest BCUT2D eigenvalue weighted by molar-refractivity contribution is 7.86. The third kappa shape index (κ3) is 9.61. The Hall–Kier alpha value is -4.33. The van der Waals surface area contributed by atoms with E-state index in [1.54, 1.807) is 24.3 Å². The molecule has 0 N–H and O–H groups in total. The van der Waals surface area contributed by atoms with Crippen molar-refractivity contribution in [3.63, 3.8) is 0 Å². The number of hydrogen-bond acceptors (Lipinski definition) is 6. The summed E-state index contributed by atoms with van der Waals surface area (Å²) in [6.07, 6.45) is -0.357. The van der Waals surface area contributed by atoms with Crippen LogP contribution in [0.4, 0.5) is 0 Å². The number of hydrogen-bond donors (Lipinski definition) is 0. The summed E-state index contributed by atoms with van der Waals surface area (Å²) in [6, 6.07) is 47.1. The predicted molar refractivity (Wildman–Crippen MR) is 233 cm³/mol. The van der Waals surface area contributed by atoms with Crippen LogP contribution in [0.25, 0.3) is 10.4 Å². The quantitative estimate of drug-likeness (QED) is 0.0307. The van der Waals surface area contributed by atoms with Gasteiger partial charge in [-0.3, -0.25) is 4.18 Å². The van der Waals surface area contributed by atoms with Crippen molar-refractivity contribution in [3.8, 4) is 0 Å². The average molecular weight is 806 g/mol. The van der Waals surface area contributed by atoms with E-state index < -0.39 is 38.9 Å². The smallest absolute Gasteiger partial charge is 0.297 e. The zero-order valence-corrected chi connectivity index (χ0v) is 36.4. The molecule has 2 atom stereocenters. The van der Waals surface area contributed by atoms with Crippen LogP contribution in [-0.4, -0.2) is 50.4 Å². The standard InChI is InChI=1S/C45H55N3O5SSi2/c1-36-28-32-39(33-29-36)54(49,50)53-38(35-52-56(45(5,6)7,42-24-16-10-17-25-42)43-26-18-11-19-27-43)31-30-37(47-48-46)34-51-55(44(2,3)4,40-20-12-8-13-21-40)41-22-14-9-15-23-41/h8-29,32-33,37-38H,30-31,34-35H2,1-7H3/t37-,38+/m1/s1. The van der Waals surface area contributed by atoms with E-state index >= 15 is 0 Å². The minimum Gasteiger partial charge on any atom is -0.407 e. The van der Waals surface area contributed by atoms with Crippen LogP contribution in [0, 0.1) is 6.92 Å². The lowest BCUT2D eigenvalue weighted by Gasteiger charge is -2.44. The van der Waals surface area contributed by atoms with Crippen LogP contribution in [-0.2, 0) is 23.2 Å². The van der Waals surface area contributed by atoms with E-state index in [1.807, 2.05) is 79.7 Å². The zero-order valence-electron chi connectivity index (χ0n) is 33.6. The molecule has 0 spiro atoms. The fourth-order valence-corrected chi connectivity index (χ4v) is 18.0. The minimum absolute atomic E-state index is 0.00305. The van der Waals surface area contributed by atoms with Gasteiger partial charge in [-0.2, -0.15) is 8.42 Å². The number of nitrogens with zero attached hydrogens (tertiary/aromatic N) is 3. The first-order valence-electron chi connectivity index (χ1n) is 19.2. The van der Waals surface area contributed by atoms with Crippen LogP contribution in [0.2, 0.25) is 10.1 Å². The molecule has 0 aromatic heterocycles. The van der Waals surface area contributed by atoms with Gasteiger partial charge in [-0.1, -0.05) is 186 Å². The molecule has 0 saturated heterocycles. The van der Waals surface area contributed by atoms with E-state index in [-0.39, 0.29) is 34.6 Å². The first kappa shape index (κ1) is 42.8. The summed E-state index contributed by atoms with van der Waals surface area (Å²) in [5.74, 6) is 0. The van der Waals surface area contributed by atoms with Crippen LogP contribution in [0.15, 0.2) is 156 Å². The molecular weight excluding hydrogens is 751 g/mol. The third-order valence-electron chi connectivity index (χ3n) is 10.4. The minimum atomic E-state index is -4.19. The van der Waals surface area contributed by atoms with Crippen LogP contribution >= 0.6 is 0 Å². The summed E-state index contributed by atoms with van der Waals surface area (Å²) in [4.78, 5) is 3.30. The van der Waals surface area contributed by atoms with Gasteiger partial charge >= 0.3 is 0 Å². The maximum absolute atomic E-state index is 13.9. The number of azide groups is 1. The van der Waals surface area contributed by atoms with Gasteiger partial charge in [-0.25, -0.2) is 0 Å². The molecule has 56 heavy (non-hydrogen) atoms. The first-order chi connectivity index (χ1) is 26.6. The van der Waals surface area contributed by atoms with E-state index in [2.05, 4.69) is 100 Å². The van der Waals surface area contributed by atoms with Gasteiger partial charge in [0.1, 0.15) is 0 Å². The molecule has 0 unspecified atom stereocenters. The molecule has 0 aliphatic carbocycles. The molecule has 5 aromatic carbocycles. The van der Waals surface area contributed by atoms with E-state index in [0.717, 1.165) is 26.3 Å². The number of aryl methyl sites for hydroxylation is 1. The normalized spacial score (nSPS) is 13.8. The summed E-state index contributed by atoms with van der Waals surface area (Å²) in [7, 11) is -10.2. The first-order valence-corrected chi connectivity index (χ1v) is 24.4. The lowest BCUT2D eigenvalue weighted by Crippen LogP contribution is -2.67. The molecule has 0 bridgehead atoms. The van der Waals surface area contributed by atoms with E-state index in [9.17, 15) is 13.9 Å². The highest BCUT2D eigenvalue weighted by Crippen LogP contribution is 2.38. The topological polar surface area (TPSA) is 111 Å². The van der Waals surface area contributed by atoms with Gasteiger partial charge in [-0.05, 0) is 68.3 Å². The van der Waals surface area contributed by atoms with Crippen molar-refractivity contribution in [2.24, 2.45) is 5.11 Å². The van der Waals surface area contributed by atoms with Crippen molar-refractivity contribution in [1.82, 2.24) is 0 Å². The Kier molecular flexibility index (Phi) is 14.0. The molecule has 0 amide bonds. The maximum Gasteiger partial charge on any atom is 0.297 e. The highest BCUT2D eigenvalue weighted by atomic mass is 32.2. The van der Waals surface area contributed by atoms with Crippen molar-refractivity contribution >= 4 is 47.5 Å². The highest BCUT2D eigenvalue weighted by Gasteiger charge is 2.52. The second-order valence-corrected chi connectivity index (χ2v) is 26.6. The van der Waals surface area contributed by atoms with Crippen molar-refractivity contribution in [2.45, 2.75) is 88.4 Å². The summed E-state index contributed by atoms with van der Waals surface area (Å²) in [5.41, 5.74) is 10.7. The van der Waals surface area contributed by atoms with E-state index in [4.69, 9.17) is 13.0 Å². The summed E-state index contributed by atoms with van der Waals surface area (Å²) < 4.78 is 48.3. The van der Waals surface area contributed by atoms with Gasteiger partial charge in [0.15, 0.2) is 0 Å². The molecule has 5 aromatic rings. The van der Waals surface area contributed by atoms with Gasteiger partial charge in [-0.15, -0.1) is 0 Å². The summed E-state index contributed by atoms with van der Waals surface area (Å²) in [5, 5.41) is 7.97. The Morgan fingerprint density at radius 3 is 1.32 bits per heavy atom. The maximum atomic E-state index is 13.9. The third-order valence-corrected chi connectivity index (χ3v) is 21.8. The Morgan fingerprint density at radius 1 is 0.589 bits per heavy atom. The molecule has 11 heteroatoms. The SMILES string of the molecule is Cc1ccc(S(=O)(=O)O[C@@H](CC[C@H](CO[Si](c2ccccc2)(c2ccccc2)C(C)(C)C)N=[N+]=[N-])CO[Si](c2ccccc2)(c2ccccc2)C(C)(C)C)cc1. The fourth-order valence-electron chi connectivity index (χ4n) is 7.69. The Bertz CT molecular complexity index is 2060. The van der Waals surface area contributed by atoms with Gasteiger partial charge in [0.2, 0.25) is 0 Å². The van der Waals surface area contributed by atoms with Crippen LogP contribution in [0.5, 0.6) is 0 Å². The van der Waals surface area contributed by atoms with Crippen LogP contribution in [0.3, 0.4) is 0 Å². The van der Waals surface area contributed by atoms with E-state index in [0.29, 0.717) is 6.42 Å². The summed E-state index contributed by atoms with van der Waals surface area (Å²) >= 11 is 0. The summed E-state index contributed by atoms with van der Waals surface area (Å²) in [6.45, 7) is 15.2. The Labute approximate surface area is 335 Å². The number of rotatable bonds is 17. The molecule has 0 fully saturated rings. The fraction of sp³-hybridized carbons (Fsp3) is 0.333. The molecule has 294 valence electrons. The average Bonchev–Trinajstić information content (AvgIpc) is 3.18. The van der Waals surface area contributed by atoms with Crippen molar-refractivity contribution < 1.29 is 21.5 Å². The van der Waals surface area contributed by atoms with Crippen LogP contribution < -0.4 is 20.7 Å². The lowest BCUT2D eigenvalue weighted by molar-refractivity contribution is 0.115. The second kappa shape index (κ2) is 18.3. The molecular formula is C45H55N3O5SSi2. The zero-order chi connectivity index (χ0) is 40.5. The van der Waals surface area contributed by atoms with Gasteiger partial charge in [0.25, 0.3) is 26.8 Å². The predicted octanol–water partition coefficient (Wildman–Crippen LogP) is 8.68. The molecule has 5 rings (SSSR count). The Morgan fingerprint density at radius 2 is 0.964 bits per heavy atom. The molecule has 8 nitrogen and oxygen atoms in total.